The summed E-state index contributed by atoms with van der Waals surface area (Å²) in [6, 6.07) is 0. The molecule has 2 aromatic heterocycles. The van der Waals surface area contributed by atoms with Gasteiger partial charge in [0.1, 0.15) is 11.8 Å². The molecule has 2 heterocycles. The largest absolute Gasteiger partial charge is 1.00 e. The lowest BCUT2D eigenvalue weighted by Gasteiger charge is -1.94. The Labute approximate surface area is 65.4 Å². The van der Waals surface area contributed by atoms with E-state index in [9.17, 15) is 0 Å². The van der Waals surface area contributed by atoms with Crippen LogP contribution in [0.3, 0.4) is 0 Å². The van der Waals surface area contributed by atoms with Crippen molar-refractivity contribution in [1.29, 1.82) is 0 Å². The van der Waals surface area contributed by atoms with Crippen molar-refractivity contribution in [3.8, 4) is 0 Å². The zero-order valence-corrected chi connectivity index (χ0v) is 5.94. The lowest BCUT2D eigenvalue weighted by molar-refractivity contribution is 0.834. The molecule has 0 aromatic carbocycles. The Balaban J connectivity index is 0.000000720. The number of hydrogen-bond acceptors (Lipinski definition) is 3. The van der Waals surface area contributed by atoms with Gasteiger partial charge < -0.3 is 4.57 Å². The van der Waals surface area contributed by atoms with Crippen LogP contribution in [0.15, 0.2) is 18.9 Å². The predicted octanol–water partition coefficient (Wildman–Crippen LogP) is 0.773. The van der Waals surface area contributed by atoms with Crippen molar-refractivity contribution in [2.75, 3.05) is 0 Å². The Hall–Kier alpha value is -1.45. The third-order valence-corrected chi connectivity index (χ3v) is 1.52. The summed E-state index contributed by atoms with van der Waals surface area (Å²) in [7, 11) is 0. The fourth-order valence-corrected chi connectivity index (χ4v) is 0.978. The van der Waals surface area contributed by atoms with Gasteiger partial charge in [0.25, 0.3) is 0 Å². The Morgan fingerprint density at radius 2 is 2.45 bits per heavy atom. The highest BCUT2D eigenvalue weighted by molar-refractivity contribution is 5.68. The van der Waals surface area contributed by atoms with E-state index in [0.29, 0.717) is 6.54 Å². The smallest absolute Gasteiger partial charge is 0.315 e. The van der Waals surface area contributed by atoms with E-state index in [0.717, 1.165) is 11.2 Å². The molecule has 11 heavy (non-hydrogen) atoms. The quantitative estimate of drug-likeness (QED) is 0.600. The molecule has 0 spiro atoms. The van der Waals surface area contributed by atoms with Gasteiger partial charge in [-0.2, -0.15) is 0 Å². The minimum absolute atomic E-state index is 0. The van der Waals surface area contributed by atoms with Crippen molar-refractivity contribution in [3.63, 3.8) is 0 Å². The first-order chi connectivity index (χ1) is 5.42. The van der Waals surface area contributed by atoms with Crippen LogP contribution in [0.2, 0.25) is 0 Å². The van der Waals surface area contributed by atoms with Gasteiger partial charge in [0, 0.05) is 6.54 Å². The lowest BCUT2D eigenvalue weighted by Crippen LogP contribution is -1.92. The predicted molar refractivity (Wildman–Crippen MR) is 41.8 cm³/mol. The zero-order valence-electron chi connectivity index (χ0n) is 6.94. The summed E-state index contributed by atoms with van der Waals surface area (Å²) < 4.78 is 1.87. The molecule has 0 atom stereocenters. The molecular formula is C7H8N4+. The highest BCUT2D eigenvalue weighted by atomic mass is 15.1. The molecule has 0 unspecified atom stereocenters. The number of rotatable bonds is 1. The van der Waals surface area contributed by atoms with Crippen LogP contribution in [-0.4, -0.2) is 19.5 Å². The van der Waals surface area contributed by atoms with E-state index >= 15 is 0 Å². The molecule has 4 heteroatoms. The molecule has 0 aliphatic rings. The van der Waals surface area contributed by atoms with Crippen molar-refractivity contribution in [3.05, 3.63) is 25.8 Å². The van der Waals surface area contributed by atoms with Crippen LogP contribution in [0.5, 0.6) is 0 Å². The molecule has 2 aromatic rings. The van der Waals surface area contributed by atoms with Gasteiger partial charge in [0.15, 0.2) is 5.65 Å². The first-order valence-corrected chi connectivity index (χ1v) is 3.32. The number of imidazole rings is 1. The summed E-state index contributed by atoms with van der Waals surface area (Å²) in [5, 5.41) is 0. The monoisotopic (exact) mass is 148 g/mol. The number of hydrogen-bond donors (Lipinski definition) is 0. The number of aromatic nitrogens is 4. The van der Waals surface area contributed by atoms with Crippen LogP contribution in [0, 0.1) is 6.92 Å². The SMILES string of the molecule is [CH2]Cn1cnc2cncnc21.[H+]. The zero-order chi connectivity index (χ0) is 7.68. The second-order valence-electron chi connectivity index (χ2n) is 2.17. The fraction of sp³-hybridized carbons (Fsp3) is 0.143. The maximum atomic E-state index is 4.09. The van der Waals surface area contributed by atoms with Gasteiger partial charge in [-0.1, -0.05) is 0 Å². The molecule has 1 radical (unpaired) electrons. The van der Waals surface area contributed by atoms with Crippen LogP contribution < -0.4 is 0 Å². The van der Waals surface area contributed by atoms with Crippen molar-refractivity contribution in [1.82, 2.24) is 19.5 Å². The van der Waals surface area contributed by atoms with Gasteiger partial charge in [-0.15, -0.1) is 0 Å². The van der Waals surface area contributed by atoms with Crippen molar-refractivity contribution >= 4 is 11.2 Å². The lowest BCUT2D eigenvalue weighted by atomic mass is 10.5. The number of fused-ring (bicyclic) bond motifs is 1. The third kappa shape index (κ3) is 0.869. The Bertz CT molecular complexity index is 370. The summed E-state index contributed by atoms with van der Waals surface area (Å²) in [6.45, 7) is 4.39. The molecule has 2 rings (SSSR count). The summed E-state index contributed by atoms with van der Waals surface area (Å²) in [4.78, 5) is 12.0. The minimum Gasteiger partial charge on any atom is -0.315 e. The summed E-state index contributed by atoms with van der Waals surface area (Å²) in [5.74, 6) is 0. The van der Waals surface area contributed by atoms with E-state index < -0.39 is 0 Å². The first-order valence-electron chi connectivity index (χ1n) is 3.32. The summed E-state index contributed by atoms with van der Waals surface area (Å²) >= 11 is 0. The van der Waals surface area contributed by atoms with Gasteiger partial charge in [0.2, 0.25) is 0 Å². The maximum Gasteiger partial charge on any atom is 1.00 e. The summed E-state index contributed by atoms with van der Waals surface area (Å²) in [5.41, 5.74) is 1.66. The Morgan fingerprint density at radius 3 is 3.27 bits per heavy atom. The average Bonchev–Trinajstić information content (AvgIpc) is 2.47. The van der Waals surface area contributed by atoms with Gasteiger partial charge in [-0.25, -0.2) is 15.0 Å². The molecule has 0 saturated heterocycles. The minimum atomic E-state index is 0. The second kappa shape index (κ2) is 2.30. The highest BCUT2D eigenvalue weighted by Gasteiger charge is 1.99. The van der Waals surface area contributed by atoms with E-state index in [-0.39, 0.29) is 1.43 Å². The normalized spacial score (nSPS) is 10.6. The first kappa shape index (κ1) is 6.27. The maximum absolute atomic E-state index is 4.09. The molecule has 55 valence electrons. The summed E-state index contributed by atoms with van der Waals surface area (Å²) in [6.07, 6.45) is 4.91. The fourth-order valence-electron chi connectivity index (χ4n) is 0.978. The molecule has 0 bridgehead atoms. The average molecular weight is 148 g/mol. The van der Waals surface area contributed by atoms with Gasteiger partial charge >= 0.3 is 1.43 Å². The number of nitrogens with zero attached hydrogens (tertiary/aromatic N) is 4. The molecule has 0 amide bonds. The van der Waals surface area contributed by atoms with Gasteiger partial charge in [0.05, 0.1) is 12.5 Å². The van der Waals surface area contributed by atoms with Crippen LogP contribution in [0.4, 0.5) is 0 Å². The van der Waals surface area contributed by atoms with Crippen molar-refractivity contribution in [2.24, 2.45) is 0 Å². The van der Waals surface area contributed by atoms with Crippen LogP contribution >= 0.6 is 0 Å². The van der Waals surface area contributed by atoms with E-state index in [1.165, 1.54) is 6.33 Å². The molecule has 4 nitrogen and oxygen atoms in total. The highest BCUT2D eigenvalue weighted by Crippen LogP contribution is 2.05. The van der Waals surface area contributed by atoms with Gasteiger partial charge in [-0.3, -0.25) is 0 Å². The molecule has 0 N–H and O–H groups in total. The Morgan fingerprint density at radius 1 is 1.55 bits per heavy atom. The Kier molecular flexibility index (Phi) is 1.31. The van der Waals surface area contributed by atoms with Crippen LogP contribution in [-0.2, 0) is 6.54 Å². The van der Waals surface area contributed by atoms with Crippen LogP contribution in [0.1, 0.15) is 1.43 Å². The van der Waals surface area contributed by atoms with E-state index in [1.807, 2.05) is 4.57 Å². The third-order valence-electron chi connectivity index (χ3n) is 1.52. The van der Waals surface area contributed by atoms with Crippen LogP contribution in [0.25, 0.3) is 11.2 Å². The molecule has 0 aliphatic carbocycles. The van der Waals surface area contributed by atoms with Gasteiger partial charge in [-0.05, 0) is 6.92 Å². The molecule has 0 saturated carbocycles. The second-order valence-corrected chi connectivity index (χ2v) is 2.17. The van der Waals surface area contributed by atoms with E-state index in [4.69, 9.17) is 0 Å². The van der Waals surface area contributed by atoms with Crippen molar-refractivity contribution in [2.45, 2.75) is 6.54 Å². The van der Waals surface area contributed by atoms with E-state index in [1.54, 1.807) is 12.5 Å². The molecular weight excluding hydrogens is 140 g/mol. The molecule has 0 aliphatic heterocycles. The topological polar surface area (TPSA) is 43.6 Å². The van der Waals surface area contributed by atoms with Crippen molar-refractivity contribution < 1.29 is 1.43 Å². The van der Waals surface area contributed by atoms with E-state index in [2.05, 4.69) is 21.9 Å². The molecule has 0 fully saturated rings. The standard InChI is InChI=1S/C7H7N4/c1-2-11-5-10-6-3-8-4-9-7(6)11/h3-5H,1-2H2/p+1.